The van der Waals surface area contributed by atoms with Gasteiger partial charge in [0.15, 0.2) is 5.82 Å². The van der Waals surface area contributed by atoms with Crippen LogP contribution in [-0.4, -0.2) is 43.9 Å². The largest absolute Gasteiger partial charge is 0.361 e. The van der Waals surface area contributed by atoms with E-state index in [1.165, 1.54) is 0 Å². The Hall–Kier alpha value is -1.83. The van der Waals surface area contributed by atoms with Crippen molar-refractivity contribution in [3.63, 3.8) is 0 Å². The number of amides is 1. The molecule has 8 heteroatoms. The number of aromatic nitrogens is 4. The Labute approximate surface area is 127 Å². The van der Waals surface area contributed by atoms with Crippen molar-refractivity contribution in [2.24, 2.45) is 0 Å². The Bertz CT molecular complexity index is 602. The van der Waals surface area contributed by atoms with Gasteiger partial charge in [-0.05, 0) is 20.8 Å². The Balaban J connectivity index is 1.79. The third-order valence-electron chi connectivity index (χ3n) is 3.10. The summed E-state index contributed by atoms with van der Waals surface area (Å²) in [4.78, 5) is 17.9. The van der Waals surface area contributed by atoms with Crippen molar-refractivity contribution in [2.75, 3.05) is 12.8 Å². The highest BCUT2D eigenvalue weighted by Gasteiger charge is 2.14. The molecule has 0 aliphatic heterocycles. The van der Waals surface area contributed by atoms with Gasteiger partial charge in [0.25, 0.3) is 0 Å². The van der Waals surface area contributed by atoms with Gasteiger partial charge in [0.2, 0.25) is 5.91 Å². The number of aromatic amines is 1. The molecule has 7 nitrogen and oxygen atoms in total. The molecule has 2 rings (SSSR count). The molecule has 0 aromatic carbocycles. The van der Waals surface area contributed by atoms with E-state index in [0.29, 0.717) is 18.1 Å². The number of thioether (sulfide) groups is 1. The van der Waals surface area contributed by atoms with Gasteiger partial charge in [0.1, 0.15) is 11.6 Å². The number of carbonyl (C=O) groups is 1. The number of nitrogens with one attached hydrogen (secondary N) is 1. The van der Waals surface area contributed by atoms with E-state index in [2.05, 4.69) is 20.3 Å². The highest BCUT2D eigenvalue weighted by Crippen LogP contribution is 2.19. The van der Waals surface area contributed by atoms with Crippen molar-refractivity contribution in [1.82, 2.24) is 25.2 Å². The van der Waals surface area contributed by atoms with E-state index in [1.54, 1.807) is 23.7 Å². The molecule has 0 atom stereocenters. The van der Waals surface area contributed by atoms with E-state index in [1.807, 2.05) is 20.8 Å². The Morgan fingerprint density at radius 1 is 1.38 bits per heavy atom. The van der Waals surface area contributed by atoms with E-state index in [9.17, 15) is 4.79 Å². The van der Waals surface area contributed by atoms with Crippen molar-refractivity contribution >= 4 is 17.7 Å². The van der Waals surface area contributed by atoms with Crippen LogP contribution in [0.5, 0.6) is 0 Å². The minimum Gasteiger partial charge on any atom is -0.361 e. The molecule has 21 heavy (non-hydrogen) atoms. The van der Waals surface area contributed by atoms with Crippen LogP contribution < -0.4 is 0 Å². The summed E-state index contributed by atoms with van der Waals surface area (Å²) in [5.41, 5.74) is 1.96. The maximum atomic E-state index is 12.1. The SMILES string of the molecule is Cc1nc(CN(C)C(=O)CSCc2c(C)noc2C)n[nH]1. The molecule has 1 N–H and O–H groups in total. The number of nitrogens with zero attached hydrogens (tertiary/aromatic N) is 4. The molecular formula is C13H19N5O2S. The van der Waals surface area contributed by atoms with E-state index in [0.717, 1.165) is 28.6 Å². The van der Waals surface area contributed by atoms with E-state index >= 15 is 0 Å². The minimum atomic E-state index is 0.0502. The topological polar surface area (TPSA) is 87.9 Å². The zero-order chi connectivity index (χ0) is 15.4. The van der Waals surface area contributed by atoms with Crippen molar-refractivity contribution in [3.05, 3.63) is 28.7 Å². The molecule has 0 radical (unpaired) electrons. The van der Waals surface area contributed by atoms with Crippen molar-refractivity contribution in [1.29, 1.82) is 0 Å². The predicted molar refractivity (Wildman–Crippen MR) is 79.7 cm³/mol. The highest BCUT2D eigenvalue weighted by atomic mass is 32.2. The molecule has 2 aromatic heterocycles. The van der Waals surface area contributed by atoms with Crippen LogP contribution in [0.4, 0.5) is 0 Å². The molecule has 0 aliphatic rings. The first-order chi connectivity index (χ1) is 9.97. The standard InChI is InChI=1S/C13H19N5O2S/c1-8-11(9(2)20-17-8)6-21-7-13(19)18(4)5-12-14-10(3)15-16-12/h5-7H2,1-4H3,(H,14,15,16). The number of carbonyl (C=O) groups excluding carboxylic acids is 1. The zero-order valence-corrected chi connectivity index (χ0v) is 13.5. The molecular weight excluding hydrogens is 290 g/mol. The van der Waals surface area contributed by atoms with Gasteiger partial charge in [-0.2, -0.15) is 5.10 Å². The number of rotatable bonds is 6. The maximum Gasteiger partial charge on any atom is 0.232 e. The summed E-state index contributed by atoms with van der Waals surface area (Å²) < 4.78 is 5.10. The third-order valence-corrected chi connectivity index (χ3v) is 4.04. The van der Waals surface area contributed by atoms with Crippen LogP contribution in [-0.2, 0) is 17.1 Å². The Kier molecular flexibility index (Phi) is 5.00. The molecule has 2 heterocycles. The molecule has 0 spiro atoms. The molecule has 114 valence electrons. The minimum absolute atomic E-state index is 0.0502. The van der Waals surface area contributed by atoms with Crippen LogP contribution in [0.1, 0.15) is 28.7 Å². The summed E-state index contributed by atoms with van der Waals surface area (Å²) in [6.45, 7) is 6.04. The van der Waals surface area contributed by atoms with Crippen molar-refractivity contribution < 1.29 is 9.32 Å². The summed E-state index contributed by atoms with van der Waals surface area (Å²) in [6, 6.07) is 0. The van der Waals surface area contributed by atoms with E-state index in [-0.39, 0.29) is 5.91 Å². The first-order valence-electron chi connectivity index (χ1n) is 6.58. The number of H-pyrrole nitrogens is 1. The van der Waals surface area contributed by atoms with Crippen LogP contribution in [0.3, 0.4) is 0 Å². The second-order valence-electron chi connectivity index (χ2n) is 4.88. The predicted octanol–water partition coefficient (Wildman–Crippen LogP) is 1.61. The number of hydrogen-bond acceptors (Lipinski definition) is 6. The van der Waals surface area contributed by atoms with Gasteiger partial charge in [0.05, 0.1) is 18.0 Å². The average molecular weight is 309 g/mol. The molecule has 0 unspecified atom stereocenters. The smallest absolute Gasteiger partial charge is 0.232 e. The van der Waals surface area contributed by atoms with Crippen LogP contribution in [0.15, 0.2) is 4.52 Å². The number of hydrogen-bond donors (Lipinski definition) is 1. The van der Waals surface area contributed by atoms with Crippen LogP contribution in [0.2, 0.25) is 0 Å². The van der Waals surface area contributed by atoms with E-state index in [4.69, 9.17) is 4.52 Å². The molecule has 2 aromatic rings. The maximum absolute atomic E-state index is 12.1. The van der Waals surface area contributed by atoms with Gasteiger partial charge in [-0.3, -0.25) is 9.89 Å². The third kappa shape index (κ3) is 4.07. The van der Waals surface area contributed by atoms with Crippen molar-refractivity contribution in [3.8, 4) is 0 Å². The second-order valence-corrected chi connectivity index (χ2v) is 5.87. The van der Waals surface area contributed by atoms with Gasteiger partial charge in [-0.15, -0.1) is 11.8 Å². The lowest BCUT2D eigenvalue weighted by Crippen LogP contribution is -2.28. The van der Waals surface area contributed by atoms with Gasteiger partial charge >= 0.3 is 0 Å². The fourth-order valence-corrected chi connectivity index (χ4v) is 2.93. The van der Waals surface area contributed by atoms with Gasteiger partial charge in [0, 0.05) is 18.4 Å². The molecule has 0 bridgehead atoms. The van der Waals surface area contributed by atoms with Gasteiger partial charge in [-0.25, -0.2) is 4.98 Å². The van der Waals surface area contributed by atoms with Gasteiger partial charge < -0.3 is 9.42 Å². The van der Waals surface area contributed by atoms with Crippen LogP contribution >= 0.6 is 11.8 Å². The summed E-state index contributed by atoms with van der Waals surface area (Å²) in [6.07, 6.45) is 0. The van der Waals surface area contributed by atoms with Crippen LogP contribution in [0.25, 0.3) is 0 Å². The molecule has 0 saturated heterocycles. The zero-order valence-electron chi connectivity index (χ0n) is 12.6. The second kappa shape index (κ2) is 6.75. The van der Waals surface area contributed by atoms with Crippen LogP contribution in [0, 0.1) is 20.8 Å². The average Bonchev–Trinajstić information content (AvgIpc) is 2.98. The summed E-state index contributed by atoms with van der Waals surface area (Å²) >= 11 is 1.55. The molecule has 0 saturated carbocycles. The lowest BCUT2D eigenvalue weighted by molar-refractivity contribution is -0.127. The molecule has 0 fully saturated rings. The summed E-state index contributed by atoms with van der Waals surface area (Å²) in [7, 11) is 1.75. The molecule has 0 aliphatic carbocycles. The fraction of sp³-hybridized carbons (Fsp3) is 0.538. The number of aryl methyl sites for hydroxylation is 3. The fourth-order valence-electron chi connectivity index (χ4n) is 1.82. The first kappa shape index (κ1) is 15.6. The summed E-state index contributed by atoms with van der Waals surface area (Å²) in [5, 5.41) is 10.7. The first-order valence-corrected chi connectivity index (χ1v) is 7.74. The molecule has 1 amide bonds. The normalized spacial score (nSPS) is 10.9. The Morgan fingerprint density at radius 3 is 2.71 bits per heavy atom. The quantitative estimate of drug-likeness (QED) is 0.872. The Morgan fingerprint density at radius 2 is 2.14 bits per heavy atom. The summed E-state index contributed by atoms with van der Waals surface area (Å²) in [5.74, 6) is 3.37. The van der Waals surface area contributed by atoms with Crippen molar-refractivity contribution in [2.45, 2.75) is 33.1 Å². The van der Waals surface area contributed by atoms with E-state index < -0.39 is 0 Å². The van der Waals surface area contributed by atoms with Gasteiger partial charge in [-0.1, -0.05) is 5.16 Å². The lowest BCUT2D eigenvalue weighted by Gasteiger charge is -2.14. The monoisotopic (exact) mass is 309 g/mol. The lowest BCUT2D eigenvalue weighted by atomic mass is 10.2. The highest BCUT2D eigenvalue weighted by molar-refractivity contribution is 7.99.